The second-order valence-corrected chi connectivity index (χ2v) is 8.97. The molecule has 2 fully saturated rings. The number of hydrogen-bond donors (Lipinski definition) is 1. The van der Waals surface area contributed by atoms with Crippen molar-refractivity contribution in [3.63, 3.8) is 0 Å². The van der Waals surface area contributed by atoms with Crippen LogP contribution in [0.5, 0.6) is 5.75 Å². The third-order valence-corrected chi connectivity index (χ3v) is 6.73. The molecule has 0 heterocycles. The lowest BCUT2D eigenvalue weighted by Gasteiger charge is -2.15. The van der Waals surface area contributed by atoms with E-state index in [2.05, 4.69) is 33.4 Å². The normalized spacial score (nSPS) is 25.9. The Morgan fingerprint density at radius 3 is 2.64 bits per heavy atom. The van der Waals surface area contributed by atoms with E-state index in [1.807, 2.05) is 48.5 Å². The summed E-state index contributed by atoms with van der Waals surface area (Å²) in [6.07, 6.45) is 6.53. The first-order chi connectivity index (χ1) is 13.6. The number of rotatable bonds is 6. The number of halogens is 1. The maximum atomic E-state index is 12.4. The summed E-state index contributed by atoms with van der Waals surface area (Å²) >= 11 is 3.43. The fourth-order valence-corrected chi connectivity index (χ4v) is 4.75. The highest BCUT2D eigenvalue weighted by Gasteiger charge is 2.64. The van der Waals surface area contributed by atoms with Crippen molar-refractivity contribution in [1.29, 1.82) is 0 Å². The van der Waals surface area contributed by atoms with Gasteiger partial charge in [-0.3, -0.25) is 4.79 Å². The van der Waals surface area contributed by atoms with Gasteiger partial charge in [-0.25, -0.2) is 5.43 Å². The molecule has 0 aromatic heterocycles. The molecule has 0 spiro atoms. The predicted molar refractivity (Wildman–Crippen MR) is 114 cm³/mol. The van der Waals surface area contributed by atoms with Crippen LogP contribution in [0.15, 0.2) is 58.1 Å². The molecule has 0 aliphatic heterocycles. The number of ether oxygens (including phenoxy) is 1. The largest absolute Gasteiger partial charge is 0.489 e. The second kappa shape index (κ2) is 8.08. The molecule has 0 saturated heterocycles. The lowest BCUT2D eigenvalue weighted by Crippen LogP contribution is -2.22. The van der Waals surface area contributed by atoms with E-state index in [0.717, 1.165) is 21.3 Å². The van der Waals surface area contributed by atoms with Gasteiger partial charge in [0.2, 0.25) is 5.91 Å². The summed E-state index contributed by atoms with van der Waals surface area (Å²) in [5.41, 5.74) is 4.99. The van der Waals surface area contributed by atoms with Crippen molar-refractivity contribution in [1.82, 2.24) is 5.43 Å². The molecule has 5 heteroatoms. The fraction of sp³-hybridized carbons (Fsp3) is 0.391. The molecule has 4 rings (SSSR count). The standard InChI is InChI=1S/C23H25BrN2O2/c1-23-13-3-2-4-20(23)21(23)22(27)26-25-14-16-7-11-19(12-8-16)28-15-17-5-9-18(24)10-6-17/h5-12,14,20-21H,2-4,13,15H2,1H3,(H,26,27)/b25-14-/t20-,21-,23-/m0/s1. The molecule has 3 atom stereocenters. The minimum absolute atomic E-state index is 0.0695. The van der Waals surface area contributed by atoms with Crippen molar-refractivity contribution in [3.8, 4) is 5.75 Å². The molecule has 0 radical (unpaired) electrons. The molecular formula is C23H25BrN2O2. The highest BCUT2D eigenvalue weighted by molar-refractivity contribution is 9.10. The second-order valence-electron chi connectivity index (χ2n) is 8.05. The van der Waals surface area contributed by atoms with Crippen LogP contribution in [-0.2, 0) is 11.4 Å². The van der Waals surface area contributed by atoms with Crippen molar-refractivity contribution in [2.24, 2.45) is 22.4 Å². The van der Waals surface area contributed by atoms with Gasteiger partial charge in [-0.15, -0.1) is 0 Å². The minimum atomic E-state index is 0.0695. The number of fused-ring (bicyclic) bond motifs is 1. The molecule has 0 bridgehead atoms. The maximum Gasteiger partial charge on any atom is 0.244 e. The molecular weight excluding hydrogens is 416 g/mol. The third kappa shape index (κ3) is 4.14. The van der Waals surface area contributed by atoms with Crippen LogP contribution in [0.4, 0.5) is 0 Å². The number of hydrogen-bond acceptors (Lipinski definition) is 3. The average molecular weight is 441 g/mol. The van der Waals surface area contributed by atoms with Crippen LogP contribution in [0.25, 0.3) is 0 Å². The van der Waals surface area contributed by atoms with E-state index < -0.39 is 0 Å². The summed E-state index contributed by atoms with van der Waals surface area (Å²) < 4.78 is 6.86. The Hall–Kier alpha value is -2.14. The zero-order valence-electron chi connectivity index (χ0n) is 16.0. The SMILES string of the molecule is C[C@]12CCCC[C@H]1[C@H]2C(=O)N/N=C\c1ccc(OCc2ccc(Br)cc2)cc1. The number of nitrogens with one attached hydrogen (secondary N) is 1. The van der Waals surface area contributed by atoms with Crippen molar-refractivity contribution >= 4 is 28.1 Å². The van der Waals surface area contributed by atoms with E-state index in [1.54, 1.807) is 6.21 Å². The van der Waals surface area contributed by atoms with E-state index >= 15 is 0 Å². The molecule has 2 aromatic rings. The zero-order valence-corrected chi connectivity index (χ0v) is 17.6. The smallest absolute Gasteiger partial charge is 0.244 e. The van der Waals surface area contributed by atoms with Crippen LogP contribution in [0.3, 0.4) is 0 Å². The number of carbonyl (C=O) groups excluding carboxylic acids is 1. The van der Waals surface area contributed by atoms with Crippen LogP contribution in [0, 0.1) is 17.3 Å². The van der Waals surface area contributed by atoms with Gasteiger partial charge in [0.05, 0.1) is 6.21 Å². The Morgan fingerprint density at radius 2 is 1.96 bits per heavy atom. The van der Waals surface area contributed by atoms with Gasteiger partial charge in [-0.1, -0.05) is 47.8 Å². The summed E-state index contributed by atoms with van der Waals surface area (Å²) in [5, 5.41) is 4.15. The zero-order chi connectivity index (χ0) is 19.6. The fourth-order valence-electron chi connectivity index (χ4n) is 4.49. The average Bonchev–Trinajstić information content (AvgIpc) is 3.34. The Bertz CT molecular complexity index is 863. The van der Waals surface area contributed by atoms with Gasteiger partial charge in [-0.05, 0) is 71.7 Å². The van der Waals surface area contributed by atoms with Crippen LogP contribution in [0.2, 0.25) is 0 Å². The Balaban J connectivity index is 1.26. The molecule has 4 nitrogen and oxygen atoms in total. The van der Waals surface area contributed by atoms with Gasteiger partial charge in [0.15, 0.2) is 0 Å². The number of carbonyl (C=O) groups is 1. The van der Waals surface area contributed by atoms with Crippen LogP contribution in [0.1, 0.15) is 43.7 Å². The molecule has 2 saturated carbocycles. The van der Waals surface area contributed by atoms with Crippen molar-refractivity contribution in [2.45, 2.75) is 39.2 Å². The van der Waals surface area contributed by atoms with E-state index in [4.69, 9.17) is 4.74 Å². The number of amides is 1. The monoisotopic (exact) mass is 440 g/mol. The van der Waals surface area contributed by atoms with E-state index in [0.29, 0.717) is 12.5 Å². The van der Waals surface area contributed by atoms with E-state index in [1.165, 1.54) is 25.7 Å². The topological polar surface area (TPSA) is 50.7 Å². The summed E-state index contributed by atoms with van der Waals surface area (Å²) in [6.45, 7) is 2.77. The molecule has 146 valence electrons. The van der Waals surface area contributed by atoms with Gasteiger partial charge in [-0.2, -0.15) is 5.10 Å². The van der Waals surface area contributed by atoms with Crippen molar-refractivity contribution in [3.05, 3.63) is 64.1 Å². The minimum Gasteiger partial charge on any atom is -0.489 e. The molecule has 28 heavy (non-hydrogen) atoms. The number of hydrazone groups is 1. The summed E-state index contributed by atoms with van der Waals surface area (Å²) in [4.78, 5) is 12.4. The summed E-state index contributed by atoms with van der Waals surface area (Å²) in [6, 6.07) is 15.8. The first-order valence-corrected chi connectivity index (χ1v) is 10.7. The molecule has 2 aliphatic rings. The quantitative estimate of drug-likeness (QED) is 0.488. The first-order valence-electron chi connectivity index (χ1n) is 9.86. The summed E-state index contributed by atoms with van der Waals surface area (Å²) in [7, 11) is 0. The Morgan fingerprint density at radius 1 is 1.21 bits per heavy atom. The van der Waals surface area contributed by atoms with Gasteiger partial charge < -0.3 is 4.74 Å². The molecule has 0 unspecified atom stereocenters. The predicted octanol–water partition coefficient (Wildman–Crippen LogP) is 5.30. The third-order valence-electron chi connectivity index (χ3n) is 6.20. The van der Waals surface area contributed by atoms with E-state index in [9.17, 15) is 4.79 Å². The maximum absolute atomic E-state index is 12.4. The Labute approximate surface area is 174 Å². The molecule has 1 N–H and O–H groups in total. The highest BCUT2D eigenvalue weighted by atomic mass is 79.9. The van der Waals surface area contributed by atoms with Crippen molar-refractivity contribution in [2.75, 3.05) is 0 Å². The van der Waals surface area contributed by atoms with Crippen molar-refractivity contribution < 1.29 is 9.53 Å². The van der Waals surface area contributed by atoms with Gasteiger partial charge in [0, 0.05) is 10.4 Å². The first kappa shape index (κ1) is 19.2. The van der Waals surface area contributed by atoms with Gasteiger partial charge in [0.1, 0.15) is 12.4 Å². The van der Waals surface area contributed by atoms with Gasteiger partial charge in [0.25, 0.3) is 0 Å². The van der Waals surface area contributed by atoms with Gasteiger partial charge >= 0.3 is 0 Å². The van der Waals surface area contributed by atoms with E-state index in [-0.39, 0.29) is 17.2 Å². The Kier molecular flexibility index (Phi) is 5.54. The highest BCUT2D eigenvalue weighted by Crippen LogP contribution is 2.66. The molecule has 1 amide bonds. The molecule has 2 aromatic carbocycles. The number of nitrogens with zero attached hydrogens (tertiary/aromatic N) is 1. The lowest BCUT2D eigenvalue weighted by molar-refractivity contribution is -0.123. The number of benzene rings is 2. The molecule has 2 aliphatic carbocycles. The van der Waals surface area contributed by atoms with Crippen LogP contribution >= 0.6 is 15.9 Å². The van der Waals surface area contributed by atoms with Crippen LogP contribution in [-0.4, -0.2) is 12.1 Å². The lowest BCUT2D eigenvalue weighted by atomic mass is 9.90. The summed E-state index contributed by atoms with van der Waals surface area (Å²) in [5.74, 6) is 1.57. The van der Waals surface area contributed by atoms with Crippen LogP contribution < -0.4 is 10.2 Å².